The largest absolute Gasteiger partial charge is 0.341 e. The van der Waals surface area contributed by atoms with E-state index in [4.69, 9.17) is 5.73 Å². The fourth-order valence-electron chi connectivity index (χ4n) is 1.53. The maximum atomic E-state index is 13.0. The number of nitrogens with two attached hydrogens (primary N) is 1. The number of rotatable bonds is 3. The summed E-state index contributed by atoms with van der Waals surface area (Å²) in [5.41, 5.74) is 7.37. The van der Waals surface area contributed by atoms with Crippen molar-refractivity contribution in [3.05, 3.63) is 36.3 Å². The Bertz CT molecular complexity index is 507. The summed E-state index contributed by atoms with van der Waals surface area (Å²) in [6.45, 7) is 4.05. The second-order valence-electron chi connectivity index (χ2n) is 4.34. The first-order valence-corrected chi connectivity index (χ1v) is 5.49. The predicted molar refractivity (Wildman–Crippen MR) is 63.5 cm³/mol. The van der Waals surface area contributed by atoms with E-state index < -0.39 is 0 Å². The zero-order valence-electron chi connectivity index (χ0n) is 9.81. The van der Waals surface area contributed by atoms with Gasteiger partial charge in [0.1, 0.15) is 11.6 Å². The molecular formula is C12H15FN4. The van der Waals surface area contributed by atoms with E-state index in [1.807, 2.05) is 13.8 Å². The molecule has 2 aromatic heterocycles. The van der Waals surface area contributed by atoms with E-state index in [-0.39, 0.29) is 11.9 Å². The number of hydrogen-bond donors (Lipinski definition) is 2. The molecule has 0 amide bonds. The zero-order valence-corrected chi connectivity index (χ0v) is 9.81. The minimum atomic E-state index is -0.369. The first kappa shape index (κ1) is 11.7. The Kier molecular flexibility index (Phi) is 3.19. The highest BCUT2D eigenvalue weighted by molar-refractivity contribution is 5.57. The number of H-pyrrole nitrogens is 1. The van der Waals surface area contributed by atoms with E-state index >= 15 is 0 Å². The summed E-state index contributed by atoms with van der Waals surface area (Å²) in [6.07, 6.45) is 4.40. The normalized spacial score (nSPS) is 13.0. The quantitative estimate of drug-likeness (QED) is 0.856. The van der Waals surface area contributed by atoms with E-state index in [0.29, 0.717) is 17.3 Å². The third-order valence-corrected chi connectivity index (χ3v) is 2.65. The molecule has 2 rings (SSSR count). The molecule has 4 nitrogen and oxygen atoms in total. The van der Waals surface area contributed by atoms with Crippen LogP contribution in [0.3, 0.4) is 0 Å². The molecule has 2 heterocycles. The highest BCUT2D eigenvalue weighted by Crippen LogP contribution is 2.21. The van der Waals surface area contributed by atoms with Crippen LogP contribution in [-0.2, 0) is 0 Å². The molecule has 0 saturated carbocycles. The molecule has 90 valence electrons. The van der Waals surface area contributed by atoms with Crippen molar-refractivity contribution in [2.45, 2.75) is 19.9 Å². The van der Waals surface area contributed by atoms with Crippen LogP contribution in [0.5, 0.6) is 0 Å². The van der Waals surface area contributed by atoms with Crippen molar-refractivity contribution in [1.82, 2.24) is 15.0 Å². The number of nitrogens with zero attached hydrogens (tertiary/aromatic N) is 2. The number of aromatic amines is 1. The lowest BCUT2D eigenvalue weighted by atomic mass is 10.1. The van der Waals surface area contributed by atoms with Crippen LogP contribution in [-0.4, -0.2) is 15.0 Å². The van der Waals surface area contributed by atoms with Gasteiger partial charge in [0.2, 0.25) is 0 Å². The molecule has 1 atom stereocenters. The summed E-state index contributed by atoms with van der Waals surface area (Å²) in [4.78, 5) is 11.1. The van der Waals surface area contributed by atoms with Crippen molar-refractivity contribution < 1.29 is 4.39 Å². The van der Waals surface area contributed by atoms with E-state index in [2.05, 4.69) is 15.0 Å². The van der Waals surface area contributed by atoms with Crippen molar-refractivity contribution in [2.75, 3.05) is 0 Å². The highest BCUT2D eigenvalue weighted by Gasteiger charge is 2.14. The Hall–Kier alpha value is -1.75. The Morgan fingerprint density at radius 3 is 2.71 bits per heavy atom. The molecular weight excluding hydrogens is 219 g/mol. The Balaban J connectivity index is 2.30. The highest BCUT2D eigenvalue weighted by atomic mass is 19.1. The molecule has 0 radical (unpaired) electrons. The third kappa shape index (κ3) is 2.50. The van der Waals surface area contributed by atoms with Crippen LogP contribution in [0.1, 0.15) is 25.7 Å². The number of hydrogen-bond acceptors (Lipinski definition) is 3. The summed E-state index contributed by atoms with van der Waals surface area (Å²) in [5, 5.41) is 0. The van der Waals surface area contributed by atoms with E-state index in [1.165, 1.54) is 12.3 Å². The molecule has 0 aliphatic rings. The summed E-state index contributed by atoms with van der Waals surface area (Å²) in [6, 6.07) is 1.26. The number of imidazole rings is 1. The van der Waals surface area contributed by atoms with E-state index in [9.17, 15) is 4.39 Å². The molecule has 0 aliphatic carbocycles. The zero-order chi connectivity index (χ0) is 12.4. The fraction of sp³-hybridized carbons (Fsp3) is 0.333. The molecule has 17 heavy (non-hydrogen) atoms. The van der Waals surface area contributed by atoms with Crippen molar-refractivity contribution in [1.29, 1.82) is 0 Å². The van der Waals surface area contributed by atoms with Crippen LogP contribution in [0.25, 0.3) is 11.3 Å². The second-order valence-corrected chi connectivity index (χ2v) is 4.34. The molecule has 0 spiro atoms. The van der Waals surface area contributed by atoms with Gasteiger partial charge in [-0.05, 0) is 12.0 Å². The number of halogens is 1. The van der Waals surface area contributed by atoms with Gasteiger partial charge < -0.3 is 10.7 Å². The van der Waals surface area contributed by atoms with Gasteiger partial charge in [0.25, 0.3) is 0 Å². The van der Waals surface area contributed by atoms with E-state index in [0.717, 1.165) is 5.69 Å². The number of pyridine rings is 1. The minimum Gasteiger partial charge on any atom is -0.341 e. The van der Waals surface area contributed by atoms with Crippen molar-refractivity contribution in [3.63, 3.8) is 0 Å². The van der Waals surface area contributed by atoms with Crippen LogP contribution in [0.15, 0.2) is 24.7 Å². The lowest BCUT2D eigenvalue weighted by molar-refractivity contribution is 0.494. The summed E-state index contributed by atoms with van der Waals surface area (Å²) >= 11 is 0. The predicted octanol–water partition coefficient (Wildman–Crippen LogP) is 2.27. The average molecular weight is 234 g/mol. The average Bonchev–Trinajstić information content (AvgIpc) is 2.77. The van der Waals surface area contributed by atoms with Gasteiger partial charge in [-0.1, -0.05) is 13.8 Å². The van der Waals surface area contributed by atoms with Gasteiger partial charge in [-0.25, -0.2) is 9.37 Å². The summed E-state index contributed by atoms with van der Waals surface area (Å²) < 4.78 is 13.0. The Labute approximate surface area is 99.1 Å². The lowest BCUT2D eigenvalue weighted by Gasteiger charge is -2.12. The van der Waals surface area contributed by atoms with Gasteiger partial charge in [0, 0.05) is 11.8 Å². The maximum absolute atomic E-state index is 13.0. The standard InChI is InChI=1S/C12H15FN4/c1-7(2)11(14)12-16-6-10(17-12)8-3-9(13)5-15-4-8/h3-7,11H,14H2,1-2H3,(H,16,17). The first-order chi connectivity index (χ1) is 8.08. The molecule has 0 fully saturated rings. The first-order valence-electron chi connectivity index (χ1n) is 5.49. The van der Waals surface area contributed by atoms with Crippen LogP contribution in [0, 0.1) is 11.7 Å². The third-order valence-electron chi connectivity index (χ3n) is 2.65. The Morgan fingerprint density at radius 2 is 2.06 bits per heavy atom. The molecule has 2 aromatic rings. The lowest BCUT2D eigenvalue weighted by Crippen LogP contribution is -2.18. The van der Waals surface area contributed by atoms with Crippen LogP contribution < -0.4 is 5.73 Å². The second kappa shape index (κ2) is 4.63. The SMILES string of the molecule is CC(C)C(N)c1ncc(-c2cncc(F)c2)[nH]1. The molecule has 0 aromatic carbocycles. The maximum Gasteiger partial charge on any atom is 0.142 e. The van der Waals surface area contributed by atoms with Gasteiger partial charge >= 0.3 is 0 Å². The molecule has 1 unspecified atom stereocenters. The number of aromatic nitrogens is 3. The summed E-state index contributed by atoms with van der Waals surface area (Å²) in [7, 11) is 0. The van der Waals surface area contributed by atoms with Gasteiger partial charge in [0.15, 0.2) is 0 Å². The summed E-state index contributed by atoms with van der Waals surface area (Å²) in [5.74, 6) is 0.630. The van der Waals surface area contributed by atoms with Crippen LogP contribution >= 0.6 is 0 Å². The topological polar surface area (TPSA) is 67.6 Å². The molecule has 0 bridgehead atoms. The van der Waals surface area contributed by atoms with Gasteiger partial charge in [-0.2, -0.15) is 0 Å². The van der Waals surface area contributed by atoms with Crippen molar-refractivity contribution in [2.24, 2.45) is 11.7 Å². The van der Waals surface area contributed by atoms with Gasteiger partial charge in [-0.15, -0.1) is 0 Å². The Morgan fingerprint density at radius 1 is 1.29 bits per heavy atom. The van der Waals surface area contributed by atoms with Crippen LogP contribution in [0.2, 0.25) is 0 Å². The van der Waals surface area contributed by atoms with Gasteiger partial charge in [-0.3, -0.25) is 4.98 Å². The monoisotopic (exact) mass is 234 g/mol. The van der Waals surface area contributed by atoms with Gasteiger partial charge in [0.05, 0.1) is 24.1 Å². The molecule has 0 saturated heterocycles. The fourth-order valence-corrected chi connectivity index (χ4v) is 1.53. The van der Waals surface area contributed by atoms with Crippen molar-refractivity contribution >= 4 is 0 Å². The minimum absolute atomic E-state index is 0.148. The molecule has 3 N–H and O–H groups in total. The molecule has 5 heteroatoms. The molecule has 0 aliphatic heterocycles. The number of nitrogens with one attached hydrogen (secondary N) is 1. The van der Waals surface area contributed by atoms with Crippen molar-refractivity contribution in [3.8, 4) is 11.3 Å². The van der Waals surface area contributed by atoms with E-state index in [1.54, 1.807) is 12.4 Å². The smallest absolute Gasteiger partial charge is 0.142 e. The van der Waals surface area contributed by atoms with Crippen LogP contribution in [0.4, 0.5) is 4.39 Å².